The van der Waals surface area contributed by atoms with Crippen molar-refractivity contribution in [3.63, 3.8) is 0 Å². The number of aryl methyl sites for hydroxylation is 2. The van der Waals surface area contributed by atoms with Crippen molar-refractivity contribution in [2.24, 2.45) is 11.5 Å². The Morgan fingerprint density at radius 1 is 1.20 bits per heavy atom. The van der Waals surface area contributed by atoms with Gasteiger partial charge in [0.1, 0.15) is 11.4 Å². The predicted octanol–water partition coefficient (Wildman–Crippen LogP) is 3.51. The molecule has 0 saturated carbocycles. The summed E-state index contributed by atoms with van der Waals surface area (Å²) >= 11 is 0. The van der Waals surface area contributed by atoms with Crippen molar-refractivity contribution in [1.82, 2.24) is 15.3 Å². The van der Waals surface area contributed by atoms with Gasteiger partial charge in [-0.05, 0) is 78.6 Å². The third-order valence-electron chi connectivity index (χ3n) is 5.23. The normalized spacial score (nSPS) is 13.0. The number of hydrogen-bond donors (Lipinski definition) is 5. The highest BCUT2D eigenvalue weighted by Gasteiger charge is 2.25. The van der Waals surface area contributed by atoms with Crippen LogP contribution in [0.3, 0.4) is 0 Å². The number of carbonyl (C=O) groups is 2. The topological polar surface area (TPSA) is 157 Å². The van der Waals surface area contributed by atoms with E-state index in [2.05, 4.69) is 25.9 Å². The third kappa shape index (κ3) is 8.36. The molecule has 2 aromatic heterocycles. The number of anilines is 3. The summed E-state index contributed by atoms with van der Waals surface area (Å²) in [5, 5.41) is 8.81. The van der Waals surface area contributed by atoms with Crippen molar-refractivity contribution >= 4 is 29.3 Å². The van der Waals surface area contributed by atoms with Crippen LogP contribution in [-0.2, 0) is 4.74 Å². The lowest BCUT2D eigenvalue weighted by Crippen LogP contribution is -2.47. The standard InChI is InChI=1S/C24H36FN7O3/c1-13-10-16(12-28-14(13)2)30-21-17(20(27)33)11-18(25)22(32-21)31-19(8-7-9-26)15(3)29-23(34)35-24(4,5)6/h10-12,15,19H,7-9,26H2,1-6H3,(H2,27,33)(H,29,34)(H2,30,31,32)/t15-,19?/m0/s1. The van der Waals surface area contributed by atoms with Crippen LogP contribution in [-0.4, -0.2) is 46.2 Å². The average Bonchev–Trinajstić information content (AvgIpc) is 2.73. The molecule has 35 heavy (non-hydrogen) atoms. The fourth-order valence-corrected chi connectivity index (χ4v) is 3.28. The van der Waals surface area contributed by atoms with E-state index in [0.717, 1.165) is 17.3 Å². The minimum absolute atomic E-state index is 0.0804. The summed E-state index contributed by atoms with van der Waals surface area (Å²) in [6.45, 7) is 11.3. The number of carbonyl (C=O) groups excluding carboxylic acids is 2. The number of hydrogen-bond acceptors (Lipinski definition) is 8. The summed E-state index contributed by atoms with van der Waals surface area (Å²) in [4.78, 5) is 32.8. The monoisotopic (exact) mass is 489 g/mol. The van der Waals surface area contributed by atoms with Crippen LogP contribution in [0.1, 0.15) is 62.2 Å². The number of halogens is 1. The molecule has 2 aromatic rings. The van der Waals surface area contributed by atoms with Crippen molar-refractivity contribution in [3.05, 3.63) is 41.0 Å². The van der Waals surface area contributed by atoms with Crippen molar-refractivity contribution in [1.29, 1.82) is 0 Å². The molecule has 10 nitrogen and oxygen atoms in total. The van der Waals surface area contributed by atoms with Gasteiger partial charge < -0.3 is 32.2 Å². The van der Waals surface area contributed by atoms with Crippen LogP contribution in [0.5, 0.6) is 0 Å². The van der Waals surface area contributed by atoms with E-state index >= 15 is 0 Å². The molecule has 2 amide bonds. The Morgan fingerprint density at radius 3 is 2.46 bits per heavy atom. The van der Waals surface area contributed by atoms with E-state index in [9.17, 15) is 14.0 Å². The lowest BCUT2D eigenvalue weighted by atomic mass is 10.0. The highest BCUT2D eigenvalue weighted by Crippen LogP contribution is 2.25. The maximum absolute atomic E-state index is 15.0. The van der Waals surface area contributed by atoms with Gasteiger partial charge in [-0.1, -0.05) is 0 Å². The van der Waals surface area contributed by atoms with Gasteiger partial charge in [0.25, 0.3) is 5.91 Å². The Morgan fingerprint density at radius 2 is 1.89 bits per heavy atom. The maximum Gasteiger partial charge on any atom is 0.407 e. The molecular weight excluding hydrogens is 453 g/mol. The first-order chi connectivity index (χ1) is 16.3. The van der Waals surface area contributed by atoms with Gasteiger partial charge in [-0.2, -0.15) is 0 Å². The Kier molecular flexibility index (Phi) is 9.35. The van der Waals surface area contributed by atoms with E-state index in [1.165, 1.54) is 0 Å². The number of alkyl carbamates (subject to hydrolysis) is 1. The van der Waals surface area contributed by atoms with Crippen molar-refractivity contribution in [2.75, 3.05) is 17.2 Å². The first-order valence-electron chi connectivity index (χ1n) is 11.5. The van der Waals surface area contributed by atoms with E-state index in [0.29, 0.717) is 25.1 Å². The molecule has 2 rings (SSSR count). The van der Waals surface area contributed by atoms with Crippen LogP contribution in [0.25, 0.3) is 0 Å². The van der Waals surface area contributed by atoms with E-state index in [4.69, 9.17) is 16.2 Å². The van der Waals surface area contributed by atoms with Crippen LogP contribution in [0.15, 0.2) is 18.3 Å². The molecule has 0 bridgehead atoms. The van der Waals surface area contributed by atoms with E-state index in [1.54, 1.807) is 33.9 Å². The van der Waals surface area contributed by atoms with Crippen molar-refractivity contribution in [3.8, 4) is 0 Å². The zero-order chi connectivity index (χ0) is 26.3. The summed E-state index contributed by atoms with van der Waals surface area (Å²) in [5.41, 5.74) is 12.7. The Hall–Kier alpha value is -3.47. The maximum atomic E-state index is 15.0. The first-order valence-corrected chi connectivity index (χ1v) is 11.5. The van der Waals surface area contributed by atoms with E-state index in [1.807, 2.05) is 19.9 Å². The summed E-state index contributed by atoms with van der Waals surface area (Å²) < 4.78 is 20.3. The van der Waals surface area contributed by atoms with Crippen LogP contribution >= 0.6 is 0 Å². The van der Waals surface area contributed by atoms with Crippen molar-refractivity contribution in [2.45, 2.75) is 72.1 Å². The van der Waals surface area contributed by atoms with Crippen LogP contribution < -0.4 is 27.4 Å². The lowest BCUT2D eigenvalue weighted by molar-refractivity contribution is 0.0502. The molecule has 0 radical (unpaired) electrons. The van der Waals surface area contributed by atoms with Gasteiger partial charge >= 0.3 is 6.09 Å². The van der Waals surface area contributed by atoms with Crippen LogP contribution in [0.2, 0.25) is 0 Å². The van der Waals surface area contributed by atoms with Gasteiger partial charge in [-0.3, -0.25) is 9.78 Å². The van der Waals surface area contributed by atoms with Gasteiger partial charge in [0.2, 0.25) is 0 Å². The van der Waals surface area contributed by atoms with E-state index in [-0.39, 0.29) is 17.2 Å². The zero-order valence-corrected chi connectivity index (χ0v) is 21.2. The summed E-state index contributed by atoms with van der Waals surface area (Å²) in [6.07, 6.45) is 2.14. The average molecular weight is 490 g/mol. The molecule has 0 spiro atoms. The Bertz CT molecular complexity index is 1060. The summed E-state index contributed by atoms with van der Waals surface area (Å²) in [6, 6.07) is 1.99. The number of nitrogens with two attached hydrogens (primary N) is 2. The smallest absolute Gasteiger partial charge is 0.407 e. The fraction of sp³-hybridized carbons (Fsp3) is 0.500. The molecule has 0 aliphatic heterocycles. The number of ether oxygens (including phenoxy) is 1. The zero-order valence-electron chi connectivity index (χ0n) is 21.2. The summed E-state index contributed by atoms with van der Waals surface area (Å²) in [7, 11) is 0. The molecule has 192 valence electrons. The van der Waals surface area contributed by atoms with Gasteiger partial charge in [0, 0.05) is 17.8 Å². The third-order valence-corrected chi connectivity index (χ3v) is 5.23. The Balaban J connectivity index is 2.34. The molecule has 0 saturated heterocycles. The fourth-order valence-electron chi connectivity index (χ4n) is 3.28. The lowest BCUT2D eigenvalue weighted by Gasteiger charge is -2.28. The van der Waals surface area contributed by atoms with Gasteiger partial charge in [-0.15, -0.1) is 0 Å². The van der Waals surface area contributed by atoms with Crippen molar-refractivity contribution < 1.29 is 18.7 Å². The molecule has 0 fully saturated rings. The second kappa shape index (κ2) is 11.8. The SMILES string of the molecule is Cc1cc(Nc2nc(NC(CCCN)[C@H](C)NC(=O)OC(C)(C)C)c(F)cc2C(N)=O)cnc1C. The molecule has 1 unspecified atom stereocenters. The number of pyridine rings is 2. The van der Waals surface area contributed by atoms with E-state index < -0.39 is 35.5 Å². The molecule has 0 aliphatic rings. The number of rotatable bonds is 10. The second-order valence-electron chi connectivity index (χ2n) is 9.45. The highest BCUT2D eigenvalue weighted by atomic mass is 19.1. The highest BCUT2D eigenvalue weighted by molar-refractivity contribution is 5.98. The summed E-state index contributed by atoms with van der Waals surface area (Å²) in [5.74, 6) is -1.61. The number of nitrogens with zero attached hydrogens (tertiary/aromatic N) is 2. The quantitative estimate of drug-likeness (QED) is 0.339. The number of primary amides is 1. The van der Waals surface area contributed by atoms with Gasteiger partial charge in [0.15, 0.2) is 11.6 Å². The molecular formula is C24H36FN7O3. The van der Waals surface area contributed by atoms with Crippen LogP contribution in [0.4, 0.5) is 26.5 Å². The minimum atomic E-state index is -0.832. The minimum Gasteiger partial charge on any atom is -0.444 e. The van der Waals surface area contributed by atoms with Gasteiger partial charge in [-0.25, -0.2) is 14.2 Å². The largest absolute Gasteiger partial charge is 0.444 e. The second-order valence-corrected chi connectivity index (χ2v) is 9.45. The number of amides is 2. The molecule has 2 atom stereocenters. The Labute approximate surface area is 205 Å². The predicted molar refractivity (Wildman–Crippen MR) is 134 cm³/mol. The molecule has 0 aliphatic carbocycles. The number of aromatic nitrogens is 2. The number of nitrogens with one attached hydrogen (secondary N) is 3. The molecule has 7 N–H and O–H groups in total. The molecule has 11 heteroatoms. The van der Waals surface area contributed by atoms with Crippen LogP contribution in [0, 0.1) is 19.7 Å². The molecule has 0 aromatic carbocycles. The van der Waals surface area contributed by atoms with Gasteiger partial charge in [0.05, 0.1) is 17.4 Å². The molecule has 2 heterocycles. The first kappa shape index (κ1) is 27.8.